The molecule has 0 aliphatic heterocycles. The number of rotatable bonds is 2. The van der Waals surface area contributed by atoms with Gasteiger partial charge in [-0.05, 0) is 29.8 Å². The molecule has 0 aliphatic carbocycles. The Morgan fingerprint density at radius 2 is 1.46 bits per heavy atom. The Morgan fingerprint density at radius 3 is 2.15 bits per heavy atom. The number of ether oxygens (including phenoxy) is 1. The first-order chi connectivity index (χ1) is 12.4. The van der Waals surface area contributed by atoms with Crippen LogP contribution >= 0.6 is 0 Å². The van der Waals surface area contributed by atoms with Crippen molar-refractivity contribution in [2.75, 3.05) is 7.11 Å². The van der Waals surface area contributed by atoms with Gasteiger partial charge in [0.2, 0.25) is 0 Å². The highest BCUT2D eigenvalue weighted by atomic mass is 16.5. The molecule has 4 rings (SSSR count). The van der Waals surface area contributed by atoms with Crippen molar-refractivity contribution in [3.63, 3.8) is 0 Å². The van der Waals surface area contributed by atoms with Crippen molar-refractivity contribution in [2.45, 2.75) is 0 Å². The third-order valence-electron chi connectivity index (χ3n) is 4.26. The van der Waals surface area contributed by atoms with Gasteiger partial charge in [-0.2, -0.15) is 0 Å². The summed E-state index contributed by atoms with van der Waals surface area (Å²) in [5, 5.41) is 49.9. The first-order valence-corrected chi connectivity index (χ1v) is 7.61. The zero-order chi connectivity index (χ0) is 18.6. The quantitative estimate of drug-likeness (QED) is 0.347. The van der Waals surface area contributed by atoms with Gasteiger partial charge < -0.3 is 34.7 Å². The molecule has 1 heterocycles. The zero-order valence-corrected chi connectivity index (χ0v) is 13.5. The molecular formula is C19H14O7. The lowest BCUT2D eigenvalue weighted by molar-refractivity contribution is 0.403. The van der Waals surface area contributed by atoms with Gasteiger partial charge in [0.25, 0.3) is 0 Å². The Bertz CT molecular complexity index is 1170. The van der Waals surface area contributed by atoms with Gasteiger partial charge in [-0.15, -0.1) is 0 Å². The molecule has 0 saturated carbocycles. The number of phenolic OH excluding ortho intramolecular Hbond substituents is 5. The maximum atomic E-state index is 10.5. The summed E-state index contributed by atoms with van der Waals surface area (Å²) in [7, 11) is 1.43. The lowest BCUT2D eigenvalue weighted by Crippen LogP contribution is -1.89. The largest absolute Gasteiger partial charge is 0.507 e. The molecule has 0 aliphatic rings. The van der Waals surface area contributed by atoms with Crippen LogP contribution in [-0.2, 0) is 0 Å². The predicted octanol–water partition coefficient (Wildman–Crippen LogP) is 3.79. The Kier molecular flexibility index (Phi) is 3.27. The first kappa shape index (κ1) is 15.8. The van der Waals surface area contributed by atoms with Crippen LogP contribution in [0.3, 0.4) is 0 Å². The minimum Gasteiger partial charge on any atom is -0.507 e. The number of hydrogen-bond acceptors (Lipinski definition) is 7. The molecule has 0 spiro atoms. The van der Waals surface area contributed by atoms with E-state index < -0.39 is 0 Å². The molecule has 0 unspecified atom stereocenters. The molecule has 132 valence electrons. The molecular weight excluding hydrogens is 340 g/mol. The van der Waals surface area contributed by atoms with E-state index in [9.17, 15) is 25.5 Å². The van der Waals surface area contributed by atoms with Gasteiger partial charge in [0, 0.05) is 17.0 Å². The minimum atomic E-state index is -0.348. The van der Waals surface area contributed by atoms with Crippen molar-refractivity contribution >= 4 is 21.9 Å². The smallest absolute Gasteiger partial charge is 0.181 e. The molecule has 5 N–H and O–H groups in total. The maximum absolute atomic E-state index is 10.5. The van der Waals surface area contributed by atoms with E-state index in [0.29, 0.717) is 21.9 Å². The van der Waals surface area contributed by atoms with Crippen LogP contribution in [0.25, 0.3) is 33.1 Å². The highest BCUT2D eigenvalue weighted by Gasteiger charge is 2.22. The van der Waals surface area contributed by atoms with E-state index >= 15 is 0 Å². The van der Waals surface area contributed by atoms with Crippen LogP contribution in [0.2, 0.25) is 0 Å². The van der Waals surface area contributed by atoms with Gasteiger partial charge in [0.1, 0.15) is 11.3 Å². The average Bonchev–Trinajstić information content (AvgIpc) is 2.96. The molecule has 0 bridgehead atoms. The molecule has 26 heavy (non-hydrogen) atoms. The summed E-state index contributed by atoms with van der Waals surface area (Å²) < 4.78 is 11.2. The van der Waals surface area contributed by atoms with Gasteiger partial charge in [0.05, 0.1) is 12.5 Å². The fourth-order valence-corrected chi connectivity index (χ4v) is 3.04. The second kappa shape index (κ2) is 5.38. The molecule has 0 radical (unpaired) electrons. The Labute approximate surface area is 146 Å². The van der Waals surface area contributed by atoms with Gasteiger partial charge in [0.15, 0.2) is 34.3 Å². The van der Waals surface area contributed by atoms with Gasteiger partial charge in [-0.3, -0.25) is 0 Å². The molecule has 4 aromatic rings. The van der Waals surface area contributed by atoms with E-state index in [0.717, 1.165) is 0 Å². The van der Waals surface area contributed by atoms with Gasteiger partial charge in [-0.1, -0.05) is 6.07 Å². The second-order valence-electron chi connectivity index (χ2n) is 5.82. The molecule has 0 amide bonds. The Hall–Kier alpha value is -3.74. The van der Waals surface area contributed by atoms with Crippen LogP contribution in [0.1, 0.15) is 0 Å². The van der Waals surface area contributed by atoms with E-state index in [-0.39, 0.29) is 45.7 Å². The second-order valence-corrected chi connectivity index (χ2v) is 5.82. The Morgan fingerprint density at radius 1 is 0.769 bits per heavy atom. The van der Waals surface area contributed by atoms with Crippen molar-refractivity contribution in [3.8, 4) is 45.6 Å². The highest BCUT2D eigenvalue weighted by molar-refractivity contribution is 6.12. The van der Waals surface area contributed by atoms with Crippen LogP contribution in [0.4, 0.5) is 0 Å². The van der Waals surface area contributed by atoms with E-state index in [1.54, 1.807) is 6.07 Å². The van der Waals surface area contributed by atoms with Crippen molar-refractivity contribution in [1.82, 2.24) is 0 Å². The van der Waals surface area contributed by atoms with Crippen LogP contribution in [-0.4, -0.2) is 32.6 Å². The van der Waals surface area contributed by atoms with E-state index in [1.165, 1.54) is 37.4 Å². The molecule has 0 atom stereocenters. The topological polar surface area (TPSA) is 124 Å². The fourth-order valence-electron chi connectivity index (χ4n) is 3.04. The fraction of sp³-hybridized carbons (Fsp3) is 0.0526. The lowest BCUT2D eigenvalue weighted by Gasteiger charge is -2.11. The zero-order valence-electron chi connectivity index (χ0n) is 13.5. The molecule has 0 fully saturated rings. The van der Waals surface area contributed by atoms with Crippen LogP contribution in [0, 0.1) is 0 Å². The summed E-state index contributed by atoms with van der Waals surface area (Å²) in [4.78, 5) is 0. The SMILES string of the molecule is COc1c(-c2ccc(O)c(O)c2)cc(O)c2c1oc1cc(O)c(O)cc12. The molecule has 3 aromatic carbocycles. The number of aromatic hydroxyl groups is 5. The van der Waals surface area contributed by atoms with Gasteiger partial charge >= 0.3 is 0 Å². The summed E-state index contributed by atoms with van der Waals surface area (Å²) in [6, 6.07) is 8.18. The highest BCUT2D eigenvalue weighted by Crippen LogP contribution is 2.48. The predicted molar refractivity (Wildman–Crippen MR) is 94.0 cm³/mol. The van der Waals surface area contributed by atoms with E-state index in [4.69, 9.17) is 9.15 Å². The van der Waals surface area contributed by atoms with Crippen LogP contribution in [0.15, 0.2) is 40.8 Å². The molecule has 7 heteroatoms. The molecule has 1 aromatic heterocycles. The first-order valence-electron chi connectivity index (χ1n) is 7.61. The standard InChI is InChI=1S/C19H14O7/c1-25-18-9(8-2-3-11(20)12(21)4-8)5-15(24)17-10-6-13(22)14(23)7-16(10)26-19(17)18/h2-7,20-24H,1H3. The number of fused-ring (bicyclic) bond motifs is 3. The van der Waals surface area contributed by atoms with Crippen molar-refractivity contribution in [2.24, 2.45) is 0 Å². The van der Waals surface area contributed by atoms with Crippen LogP contribution in [0.5, 0.6) is 34.5 Å². The Balaban J connectivity index is 2.10. The summed E-state index contributed by atoms with van der Waals surface area (Å²) in [6.45, 7) is 0. The van der Waals surface area contributed by atoms with Crippen molar-refractivity contribution in [3.05, 3.63) is 36.4 Å². The third kappa shape index (κ3) is 2.14. The average molecular weight is 354 g/mol. The van der Waals surface area contributed by atoms with Gasteiger partial charge in [-0.25, -0.2) is 0 Å². The number of methoxy groups -OCH3 is 1. The summed E-state index contributed by atoms with van der Waals surface area (Å²) in [5.74, 6) is -1.12. The maximum Gasteiger partial charge on any atom is 0.181 e. The normalized spacial score (nSPS) is 11.3. The van der Waals surface area contributed by atoms with Crippen LogP contribution < -0.4 is 4.74 Å². The number of benzene rings is 3. The lowest BCUT2D eigenvalue weighted by atomic mass is 10.0. The number of hydrogen-bond donors (Lipinski definition) is 5. The number of phenols is 5. The number of furan rings is 1. The third-order valence-corrected chi connectivity index (χ3v) is 4.26. The summed E-state index contributed by atoms with van der Waals surface area (Å²) in [5.41, 5.74) is 1.39. The summed E-state index contributed by atoms with van der Waals surface area (Å²) in [6.07, 6.45) is 0. The minimum absolute atomic E-state index is 0.132. The van der Waals surface area contributed by atoms with Crippen molar-refractivity contribution in [1.29, 1.82) is 0 Å². The van der Waals surface area contributed by atoms with E-state index in [2.05, 4.69) is 0 Å². The van der Waals surface area contributed by atoms with E-state index in [1.807, 2.05) is 0 Å². The summed E-state index contributed by atoms with van der Waals surface area (Å²) >= 11 is 0. The van der Waals surface area contributed by atoms with Crippen molar-refractivity contribution < 1.29 is 34.7 Å². The monoisotopic (exact) mass is 354 g/mol. The molecule has 7 nitrogen and oxygen atoms in total. The molecule has 0 saturated heterocycles.